The molecule has 1 atom stereocenters. The van der Waals surface area contributed by atoms with Crippen molar-refractivity contribution in [3.05, 3.63) is 35.4 Å². The van der Waals surface area contributed by atoms with Crippen molar-refractivity contribution in [2.45, 2.75) is 57.5 Å². The van der Waals surface area contributed by atoms with Gasteiger partial charge in [0, 0.05) is 26.1 Å². The summed E-state index contributed by atoms with van der Waals surface area (Å²) >= 11 is 0. The van der Waals surface area contributed by atoms with Crippen LogP contribution in [0.1, 0.15) is 62.6 Å². The Morgan fingerprint density at radius 3 is 2.44 bits per heavy atom. The summed E-state index contributed by atoms with van der Waals surface area (Å²) in [7, 11) is 0. The van der Waals surface area contributed by atoms with Gasteiger partial charge in [0.25, 0.3) is 0 Å². The molecule has 2 fully saturated rings. The molecule has 1 aliphatic heterocycles. The summed E-state index contributed by atoms with van der Waals surface area (Å²) in [6, 6.07) is 9.57. The van der Waals surface area contributed by atoms with E-state index in [0.717, 1.165) is 31.2 Å². The topological polar surface area (TPSA) is 85.2 Å². The zero-order valence-electron chi connectivity index (χ0n) is 15.9. The van der Waals surface area contributed by atoms with Gasteiger partial charge in [-0.25, -0.2) is 4.79 Å². The Bertz CT molecular complexity index is 713. The van der Waals surface area contributed by atoms with Gasteiger partial charge in [-0.2, -0.15) is 5.26 Å². The molecule has 0 unspecified atom stereocenters. The Morgan fingerprint density at radius 2 is 1.81 bits per heavy atom. The molecule has 3 amide bonds. The average molecular weight is 368 g/mol. The van der Waals surface area contributed by atoms with E-state index in [1.807, 2.05) is 29.2 Å². The molecule has 1 aliphatic carbocycles. The van der Waals surface area contributed by atoms with Gasteiger partial charge in [-0.3, -0.25) is 4.79 Å². The normalized spacial score (nSPS) is 19.3. The number of nitrogens with one attached hydrogen (secondary N) is 2. The Labute approximate surface area is 160 Å². The molecule has 144 valence electrons. The fourth-order valence-electron chi connectivity index (χ4n) is 4.32. The number of amides is 3. The second-order valence-electron chi connectivity index (χ2n) is 7.62. The van der Waals surface area contributed by atoms with Gasteiger partial charge in [0.2, 0.25) is 5.91 Å². The second kappa shape index (κ2) is 8.90. The molecule has 1 saturated carbocycles. The first kappa shape index (κ1) is 19.2. The van der Waals surface area contributed by atoms with Crippen molar-refractivity contribution in [2.24, 2.45) is 5.92 Å². The quantitative estimate of drug-likeness (QED) is 0.856. The van der Waals surface area contributed by atoms with Crippen LogP contribution in [0, 0.1) is 17.2 Å². The molecule has 27 heavy (non-hydrogen) atoms. The fourth-order valence-corrected chi connectivity index (χ4v) is 4.32. The van der Waals surface area contributed by atoms with E-state index < -0.39 is 0 Å². The van der Waals surface area contributed by atoms with E-state index in [-0.39, 0.29) is 24.0 Å². The summed E-state index contributed by atoms with van der Waals surface area (Å²) < 4.78 is 0. The number of likely N-dealkylation sites (tertiary alicyclic amines) is 1. The third-order valence-corrected chi connectivity index (χ3v) is 5.85. The van der Waals surface area contributed by atoms with E-state index in [1.165, 1.54) is 12.8 Å². The molecule has 1 aromatic carbocycles. The Kier molecular flexibility index (Phi) is 6.33. The van der Waals surface area contributed by atoms with Gasteiger partial charge < -0.3 is 15.5 Å². The van der Waals surface area contributed by atoms with Crippen molar-refractivity contribution in [3.63, 3.8) is 0 Å². The van der Waals surface area contributed by atoms with Crippen LogP contribution < -0.4 is 10.6 Å². The van der Waals surface area contributed by atoms with Crippen LogP contribution in [0.3, 0.4) is 0 Å². The summed E-state index contributed by atoms with van der Waals surface area (Å²) in [5.41, 5.74) is 1.54. The van der Waals surface area contributed by atoms with Gasteiger partial charge >= 0.3 is 6.03 Å². The van der Waals surface area contributed by atoms with Gasteiger partial charge in [-0.1, -0.05) is 31.0 Å². The minimum atomic E-state index is -0.180. The van der Waals surface area contributed by atoms with Crippen molar-refractivity contribution >= 4 is 11.9 Å². The van der Waals surface area contributed by atoms with E-state index in [2.05, 4.69) is 16.7 Å². The lowest BCUT2D eigenvalue weighted by molar-refractivity contribution is -0.129. The van der Waals surface area contributed by atoms with Crippen molar-refractivity contribution < 1.29 is 9.59 Å². The van der Waals surface area contributed by atoms with Gasteiger partial charge in [0.15, 0.2) is 0 Å². The maximum atomic E-state index is 12.7. The summed E-state index contributed by atoms with van der Waals surface area (Å²) in [5, 5.41) is 15.7. The van der Waals surface area contributed by atoms with Crippen LogP contribution in [0.2, 0.25) is 0 Å². The summed E-state index contributed by atoms with van der Waals surface area (Å²) in [5.74, 6) is 0.456. The largest absolute Gasteiger partial charge is 0.343 e. The van der Waals surface area contributed by atoms with Crippen LogP contribution in [0.15, 0.2) is 24.3 Å². The molecule has 0 aromatic heterocycles. The molecule has 0 bridgehead atoms. The number of hydrogen-bond donors (Lipinski definition) is 2. The molecular formula is C21H28N4O2. The molecule has 1 aromatic rings. The highest BCUT2D eigenvalue weighted by molar-refractivity contribution is 5.75. The van der Waals surface area contributed by atoms with Crippen LogP contribution in [0.25, 0.3) is 0 Å². The molecule has 0 radical (unpaired) electrons. The summed E-state index contributed by atoms with van der Waals surface area (Å²) in [6.45, 7) is 2.95. The van der Waals surface area contributed by atoms with E-state index in [0.29, 0.717) is 24.6 Å². The molecule has 1 heterocycles. The van der Waals surface area contributed by atoms with Crippen LogP contribution in [-0.4, -0.2) is 36.0 Å². The standard InChI is InChI=1S/C21H28N4O2/c1-15(26)25-12-10-18(11-13-25)23-21(27)24-20(16-6-2-3-7-16)19-9-5-4-8-17(19)14-22/h4-5,8-9,16,18,20H,2-3,6-7,10-13H2,1H3,(H2,23,24,27)/t20-/m0/s1. The third kappa shape index (κ3) is 4.79. The molecule has 0 spiro atoms. The van der Waals surface area contributed by atoms with E-state index in [1.54, 1.807) is 6.92 Å². The first-order valence-corrected chi connectivity index (χ1v) is 9.90. The van der Waals surface area contributed by atoms with E-state index >= 15 is 0 Å². The number of urea groups is 1. The molecule has 6 heteroatoms. The third-order valence-electron chi connectivity index (χ3n) is 5.85. The number of nitriles is 1. The lowest BCUT2D eigenvalue weighted by atomic mass is 9.89. The van der Waals surface area contributed by atoms with Gasteiger partial charge in [0.1, 0.15) is 0 Å². The molecular weight excluding hydrogens is 340 g/mol. The lowest BCUT2D eigenvalue weighted by Crippen LogP contribution is -2.49. The average Bonchev–Trinajstić information content (AvgIpc) is 3.21. The zero-order valence-corrected chi connectivity index (χ0v) is 15.9. The van der Waals surface area contributed by atoms with Crippen LogP contribution in [0.4, 0.5) is 4.79 Å². The molecule has 1 saturated heterocycles. The van der Waals surface area contributed by atoms with Crippen molar-refractivity contribution in [1.82, 2.24) is 15.5 Å². The van der Waals surface area contributed by atoms with Gasteiger partial charge in [-0.05, 0) is 43.2 Å². The highest BCUT2D eigenvalue weighted by Crippen LogP contribution is 2.36. The molecule has 2 aliphatic rings. The minimum absolute atomic E-state index is 0.0797. The first-order chi connectivity index (χ1) is 13.1. The van der Waals surface area contributed by atoms with Crippen molar-refractivity contribution in [1.29, 1.82) is 5.26 Å². The second-order valence-corrected chi connectivity index (χ2v) is 7.62. The SMILES string of the molecule is CC(=O)N1CCC(NC(=O)N[C@H](c2ccccc2C#N)C2CCCC2)CC1. The Balaban J connectivity index is 1.65. The molecule has 3 rings (SSSR count). The minimum Gasteiger partial charge on any atom is -0.343 e. The Morgan fingerprint density at radius 1 is 1.15 bits per heavy atom. The number of piperidine rings is 1. The smallest absolute Gasteiger partial charge is 0.315 e. The maximum Gasteiger partial charge on any atom is 0.315 e. The number of carbonyl (C=O) groups is 2. The lowest BCUT2D eigenvalue weighted by Gasteiger charge is -2.33. The zero-order chi connectivity index (χ0) is 19.2. The number of rotatable bonds is 4. The van der Waals surface area contributed by atoms with Gasteiger partial charge in [-0.15, -0.1) is 0 Å². The monoisotopic (exact) mass is 368 g/mol. The number of carbonyl (C=O) groups excluding carboxylic acids is 2. The Hall–Kier alpha value is -2.55. The van der Waals surface area contributed by atoms with Crippen molar-refractivity contribution in [3.8, 4) is 6.07 Å². The number of benzene rings is 1. The highest BCUT2D eigenvalue weighted by atomic mass is 16.2. The van der Waals surface area contributed by atoms with Gasteiger partial charge in [0.05, 0.1) is 17.7 Å². The predicted octanol–water partition coefficient (Wildman–Crippen LogP) is 3.10. The number of nitrogens with zero attached hydrogens (tertiary/aromatic N) is 2. The van der Waals surface area contributed by atoms with E-state index in [9.17, 15) is 14.9 Å². The summed E-state index contributed by atoms with van der Waals surface area (Å²) in [6.07, 6.45) is 6.03. The molecule has 6 nitrogen and oxygen atoms in total. The first-order valence-electron chi connectivity index (χ1n) is 9.90. The molecule has 2 N–H and O–H groups in total. The van der Waals surface area contributed by atoms with Crippen LogP contribution in [0.5, 0.6) is 0 Å². The van der Waals surface area contributed by atoms with Crippen LogP contribution in [-0.2, 0) is 4.79 Å². The van der Waals surface area contributed by atoms with Crippen molar-refractivity contribution in [2.75, 3.05) is 13.1 Å². The summed E-state index contributed by atoms with van der Waals surface area (Å²) in [4.78, 5) is 25.9. The number of hydrogen-bond acceptors (Lipinski definition) is 3. The predicted molar refractivity (Wildman–Crippen MR) is 103 cm³/mol. The maximum absolute atomic E-state index is 12.7. The fraction of sp³-hybridized carbons (Fsp3) is 0.571. The van der Waals surface area contributed by atoms with E-state index in [4.69, 9.17) is 0 Å². The highest BCUT2D eigenvalue weighted by Gasteiger charge is 2.30. The van der Waals surface area contributed by atoms with Crippen LogP contribution >= 0.6 is 0 Å².